The van der Waals surface area contributed by atoms with E-state index in [1.807, 2.05) is 20.8 Å². The Morgan fingerprint density at radius 1 is 1.43 bits per heavy atom. The van der Waals surface area contributed by atoms with E-state index in [-0.39, 0.29) is 16.4 Å². The van der Waals surface area contributed by atoms with Crippen LogP contribution in [0, 0.1) is 5.82 Å². The molecule has 0 unspecified atom stereocenters. The molecule has 2 rings (SSSR count). The number of aromatic amines is 1. The number of carbonyl (C=O) groups excluding carboxylic acids is 1. The van der Waals surface area contributed by atoms with Crippen LogP contribution in [0.5, 0.6) is 5.75 Å². The molecule has 0 radical (unpaired) electrons. The summed E-state index contributed by atoms with van der Waals surface area (Å²) in [6.45, 7) is 5.92. The molecule has 1 aromatic heterocycles. The number of nitrogens with zero attached hydrogens (tertiary/aromatic N) is 1. The van der Waals surface area contributed by atoms with E-state index in [1.54, 1.807) is 6.20 Å². The van der Waals surface area contributed by atoms with Gasteiger partial charge in [0.1, 0.15) is 17.2 Å². The number of aromatic nitrogens is 2. The molecule has 0 atom stereocenters. The number of carbonyl (C=O) groups is 1. The first kappa shape index (κ1) is 17.0. The molecular formula is C14H16ClFN2O3. The molecule has 0 spiro atoms. The molecule has 1 aromatic carbocycles. The number of phenolic OH excluding ortho intramolecular Hbond substituents is 1. The molecular weight excluding hydrogens is 299 g/mol. The molecule has 0 aliphatic carbocycles. The minimum Gasteiger partial charge on any atom is -0.507 e. The minimum atomic E-state index is -0.642. The average Bonchev–Trinajstić information content (AvgIpc) is 2.86. The van der Waals surface area contributed by atoms with Crippen molar-refractivity contribution in [3.8, 4) is 16.9 Å². The van der Waals surface area contributed by atoms with Gasteiger partial charge in [-0.1, -0.05) is 11.6 Å². The molecule has 0 saturated heterocycles. The lowest BCUT2D eigenvalue weighted by Gasteiger charge is -2.14. The van der Waals surface area contributed by atoms with Gasteiger partial charge in [-0.05, 0) is 26.8 Å². The Morgan fingerprint density at radius 2 is 2.10 bits per heavy atom. The quantitative estimate of drug-likeness (QED) is 0.831. The molecule has 0 saturated carbocycles. The maximum Gasteiger partial charge on any atom is 0.293 e. The maximum absolute atomic E-state index is 12.9. The van der Waals surface area contributed by atoms with E-state index < -0.39 is 5.82 Å². The highest BCUT2D eigenvalue weighted by atomic mass is 35.5. The van der Waals surface area contributed by atoms with Crippen LogP contribution in [0.15, 0.2) is 24.5 Å². The van der Waals surface area contributed by atoms with E-state index in [1.165, 1.54) is 12.3 Å². The molecule has 7 heteroatoms. The summed E-state index contributed by atoms with van der Waals surface area (Å²) < 4.78 is 17.4. The molecule has 114 valence electrons. The van der Waals surface area contributed by atoms with Crippen molar-refractivity contribution in [2.45, 2.75) is 26.4 Å². The first-order valence-electron chi connectivity index (χ1n) is 6.03. The van der Waals surface area contributed by atoms with Crippen molar-refractivity contribution in [2.75, 3.05) is 0 Å². The van der Waals surface area contributed by atoms with Gasteiger partial charge in [-0.25, -0.2) is 4.39 Å². The van der Waals surface area contributed by atoms with Crippen LogP contribution in [-0.2, 0) is 9.53 Å². The standard InChI is InChI=1S/C9H6ClFN2O.C5H10O2/c10-7-1-6(5-3-12-13-4-5)9(14)2-8(7)11;1-5(2,3)7-4-6/h1-4,14H,(H,12,13);4H,1-3H3. The highest BCUT2D eigenvalue weighted by Crippen LogP contribution is 2.32. The molecule has 21 heavy (non-hydrogen) atoms. The van der Waals surface area contributed by atoms with Gasteiger partial charge in [0.25, 0.3) is 6.47 Å². The second kappa shape index (κ2) is 7.08. The Hall–Kier alpha value is -2.08. The molecule has 2 N–H and O–H groups in total. The van der Waals surface area contributed by atoms with Crippen LogP contribution in [0.4, 0.5) is 4.39 Å². The normalized spacial score (nSPS) is 10.5. The number of hydrogen-bond donors (Lipinski definition) is 2. The summed E-state index contributed by atoms with van der Waals surface area (Å²) in [7, 11) is 0. The van der Waals surface area contributed by atoms with Crippen LogP contribution in [0.3, 0.4) is 0 Å². The summed E-state index contributed by atoms with van der Waals surface area (Å²) in [5.74, 6) is -0.801. The predicted octanol–water partition coefficient (Wildman–Crippen LogP) is 3.53. The Balaban J connectivity index is 0.000000270. The fourth-order valence-corrected chi connectivity index (χ4v) is 1.47. The largest absolute Gasteiger partial charge is 0.507 e. The van der Waals surface area contributed by atoms with Crippen LogP contribution < -0.4 is 0 Å². The van der Waals surface area contributed by atoms with Gasteiger partial charge in [-0.2, -0.15) is 5.10 Å². The number of rotatable bonds is 2. The van der Waals surface area contributed by atoms with Crippen molar-refractivity contribution in [3.05, 3.63) is 35.4 Å². The van der Waals surface area contributed by atoms with Crippen molar-refractivity contribution >= 4 is 18.1 Å². The predicted molar refractivity (Wildman–Crippen MR) is 77.6 cm³/mol. The molecule has 0 bridgehead atoms. The van der Waals surface area contributed by atoms with Gasteiger partial charge in [0, 0.05) is 23.4 Å². The van der Waals surface area contributed by atoms with Crippen LogP contribution in [-0.4, -0.2) is 27.4 Å². The summed E-state index contributed by atoms with van der Waals surface area (Å²) in [6, 6.07) is 2.34. The number of benzene rings is 1. The van der Waals surface area contributed by atoms with E-state index in [0.29, 0.717) is 17.6 Å². The number of aromatic hydroxyl groups is 1. The smallest absolute Gasteiger partial charge is 0.293 e. The second-order valence-corrected chi connectivity index (χ2v) is 5.50. The van der Waals surface area contributed by atoms with Crippen molar-refractivity contribution in [2.24, 2.45) is 0 Å². The summed E-state index contributed by atoms with van der Waals surface area (Å²) in [5.41, 5.74) is 0.788. The Bertz CT molecular complexity index is 595. The van der Waals surface area contributed by atoms with Crippen molar-refractivity contribution in [1.29, 1.82) is 0 Å². The molecule has 5 nitrogen and oxygen atoms in total. The third kappa shape index (κ3) is 5.43. The number of H-pyrrole nitrogens is 1. The van der Waals surface area contributed by atoms with Crippen LogP contribution in [0.25, 0.3) is 11.1 Å². The van der Waals surface area contributed by atoms with E-state index >= 15 is 0 Å². The lowest BCUT2D eigenvalue weighted by molar-refractivity contribution is -0.138. The van der Waals surface area contributed by atoms with Gasteiger partial charge in [-0.3, -0.25) is 9.89 Å². The van der Waals surface area contributed by atoms with Crippen molar-refractivity contribution in [1.82, 2.24) is 10.2 Å². The number of ether oxygens (including phenoxy) is 1. The molecule has 2 aromatic rings. The van der Waals surface area contributed by atoms with Gasteiger partial charge in [0.15, 0.2) is 0 Å². The Morgan fingerprint density at radius 3 is 2.52 bits per heavy atom. The van der Waals surface area contributed by atoms with Crippen LogP contribution in [0.2, 0.25) is 5.02 Å². The summed E-state index contributed by atoms with van der Waals surface area (Å²) in [4.78, 5) is 9.60. The maximum atomic E-state index is 12.9. The van der Waals surface area contributed by atoms with Gasteiger partial charge >= 0.3 is 0 Å². The zero-order valence-electron chi connectivity index (χ0n) is 11.9. The molecule has 0 aliphatic heterocycles. The molecule has 0 fully saturated rings. The van der Waals surface area contributed by atoms with Crippen LogP contribution in [0.1, 0.15) is 20.8 Å². The summed E-state index contributed by atoms with van der Waals surface area (Å²) >= 11 is 5.59. The zero-order chi connectivity index (χ0) is 16.0. The van der Waals surface area contributed by atoms with Crippen molar-refractivity contribution in [3.63, 3.8) is 0 Å². The van der Waals surface area contributed by atoms with Gasteiger partial charge in [0.2, 0.25) is 0 Å². The lowest BCUT2D eigenvalue weighted by atomic mass is 10.1. The third-order valence-corrected chi connectivity index (χ3v) is 2.54. The van der Waals surface area contributed by atoms with Crippen molar-refractivity contribution < 1.29 is 19.0 Å². The molecule has 1 heterocycles. The lowest BCUT2D eigenvalue weighted by Crippen LogP contribution is -2.17. The highest BCUT2D eigenvalue weighted by Gasteiger charge is 2.10. The van der Waals surface area contributed by atoms with Gasteiger partial charge in [-0.15, -0.1) is 0 Å². The van der Waals surface area contributed by atoms with E-state index in [2.05, 4.69) is 14.9 Å². The van der Waals surface area contributed by atoms with Gasteiger partial charge in [0.05, 0.1) is 11.2 Å². The fourth-order valence-electron chi connectivity index (χ4n) is 1.31. The minimum absolute atomic E-state index is 0.0287. The van der Waals surface area contributed by atoms with E-state index in [9.17, 15) is 14.3 Å². The number of nitrogens with one attached hydrogen (secondary N) is 1. The Labute approximate surface area is 126 Å². The van der Waals surface area contributed by atoms with Crippen LogP contribution >= 0.6 is 11.6 Å². The molecule has 0 amide bonds. The number of phenols is 1. The average molecular weight is 315 g/mol. The topological polar surface area (TPSA) is 75.2 Å². The summed E-state index contributed by atoms with van der Waals surface area (Å²) in [6.07, 6.45) is 3.10. The summed E-state index contributed by atoms with van der Waals surface area (Å²) in [5, 5.41) is 15.7. The highest BCUT2D eigenvalue weighted by molar-refractivity contribution is 6.31. The zero-order valence-corrected chi connectivity index (χ0v) is 12.6. The fraction of sp³-hybridized carbons (Fsp3) is 0.286. The number of halogens is 2. The third-order valence-electron chi connectivity index (χ3n) is 2.25. The monoisotopic (exact) mass is 314 g/mol. The number of hydrogen-bond acceptors (Lipinski definition) is 4. The second-order valence-electron chi connectivity index (χ2n) is 5.10. The SMILES string of the molecule is CC(C)(C)OC=O.Oc1cc(F)c(Cl)cc1-c1cn[nH]c1. The first-order valence-corrected chi connectivity index (χ1v) is 6.41. The first-order chi connectivity index (χ1) is 9.74. The van der Waals surface area contributed by atoms with E-state index in [0.717, 1.165) is 6.07 Å². The molecule has 0 aliphatic rings. The van der Waals surface area contributed by atoms with E-state index in [4.69, 9.17) is 11.6 Å². The van der Waals surface area contributed by atoms with Gasteiger partial charge < -0.3 is 9.84 Å². The Kier molecular flexibility index (Phi) is 5.72.